The highest BCUT2D eigenvalue weighted by Gasteiger charge is 2.41. The standard InChI is InChI=1S/C21H27N3O2S/c1-3-26-20-18(5-4-10-22-20)21(25)24-12-9-16-8-11-23(14-19(16)24)13-17-7-6-15(2)27-17/h4-7,10,16,19H,3,8-9,11-14H2,1-2H3. The number of hydrogen-bond donors (Lipinski definition) is 0. The van der Waals surface area contributed by atoms with E-state index in [-0.39, 0.29) is 5.91 Å². The molecule has 0 saturated carbocycles. The SMILES string of the molecule is CCOc1ncccc1C(=O)N1CCC2CCN(Cc3ccc(C)s3)CC21. The van der Waals surface area contributed by atoms with Crippen molar-refractivity contribution in [3.63, 3.8) is 0 Å². The number of fused-ring (bicyclic) bond motifs is 1. The van der Waals surface area contributed by atoms with Crippen LogP contribution in [0.3, 0.4) is 0 Å². The van der Waals surface area contributed by atoms with E-state index in [2.05, 4.69) is 33.8 Å². The van der Waals surface area contributed by atoms with Crippen molar-refractivity contribution in [2.75, 3.05) is 26.2 Å². The Morgan fingerprint density at radius 2 is 2.15 bits per heavy atom. The molecule has 4 rings (SSSR count). The number of rotatable bonds is 5. The maximum absolute atomic E-state index is 13.3. The number of carbonyl (C=O) groups excluding carboxylic acids is 1. The van der Waals surface area contributed by atoms with Gasteiger partial charge in [0.25, 0.3) is 5.91 Å². The van der Waals surface area contributed by atoms with Crippen molar-refractivity contribution < 1.29 is 9.53 Å². The smallest absolute Gasteiger partial charge is 0.259 e. The zero-order valence-corrected chi connectivity index (χ0v) is 16.9. The van der Waals surface area contributed by atoms with Gasteiger partial charge in [-0.25, -0.2) is 4.98 Å². The van der Waals surface area contributed by atoms with Gasteiger partial charge < -0.3 is 9.64 Å². The van der Waals surface area contributed by atoms with E-state index in [4.69, 9.17) is 4.74 Å². The molecule has 0 radical (unpaired) electrons. The van der Waals surface area contributed by atoms with Crippen LogP contribution in [-0.2, 0) is 6.54 Å². The van der Waals surface area contributed by atoms with Crippen LogP contribution in [0.4, 0.5) is 0 Å². The first-order chi connectivity index (χ1) is 13.2. The Morgan fingerprint density at radius 3 is 2.93 bits per heavy atom. The number of amides is 1. The number of carbonyl (C=O) groups is 1. The highest BCUT2D eigenvalue weighted by Crippen LogP contribution is 2.34. The van der Waals surface area contributed by atoms with E-state index in [9.17, 15) is 4.79 Å². The molecule has 2 aromatic heterocycles. The molecule has 27 heavy (non-hydrogen) atoms. The number of nitrogens with zero attached hydrogens (tertiary/aromatic N) is 3. The summed E-state index contributed by atoms with van der Waals surface area (Å²) in [6.45, 7) is 8.48. The monoisotopic (exact) mass is 385 g/mol. The second-order valence-corrected chi connectivity index (χ2v) is 8.81. The Morgan fingerprint density at radius 1 is 1.30 bits per heavy atom. The summed E-state index contributed by atoms with van der Waals surface area (Å²) in [5, 5.41) is 0. The van der Waals surface area contributed by atoms with Gasteiger partial charge in [0, 0.05) is 41.6 Å². The molecule has 4 heterocycles. The highest BCUT2D eigenvalue weighted by atomic mass is 32.1. The normalized spacial score (nSPS) is 22.7. The summed E-state index contributed by atoms with van der Waals surface area (Å²) in [6, 6.07) is 8.36. The molecule has 5 nitrogen and oxygen atoms in total. The van der Waals surface area contributed by atoms with Gasteiger partial charge in [0.2, 0.25) is 5.88 Å². The lowest BCUT2D eigenvalue weighted by Crippen LogP contribution is -2.49. The second-order valence-electron chi connectivity index (χ2n) is 7.44. The van der Waals surface area contributed by atoms with Crippen LogP contribution in [0, 0.1) is 12.8 Å². The summed E-state index contributed by atoms with van der Waals surface area (Å²) in [6.07, 6.45) is 3.96. The van der Waals surface area contributed by atoms with Crippen molar-refractivity contribution >= 4 is 17.2 Å². The van der Waals surface area contributed by atoms with E-state index >= 15 is 0 Å². The number of thiophene rings is 1. The first-order valence-corrected chi connectivity index (χ1v) is 10.6. The molecular formula is C21H27N3O2S. The summed E-state index contributed by atoms with van der Waals surface area (Å²) in [7, 11) is 0. The van der Waals surface area contributed by atoms with Gasteiger partial charge in [-0.15, -0.1) is 11.3 Å². The largest absolute Gasteiger partial charge is 0.477 e. The number of hydrogen-bond acceptors (Lipinski definition) is 5. The van der Waals surface area contributed by atoms with Gasteiger partial charge in [0.1, 0.15) is 5.56 Å². The van der Waals surface area contributed by atoms with Crippen molar-refractivity contribution in [1.82, 2.24) is 14.8 Å². The average Bonchev–Trinajstić information content (AvgIpc) is 3.28. The topological polar surface area (TPSA) is 45.7 Å². The molecule has 2 fully saturated rings. The van der Waals surface area contributed by atoms with Gasteiger partial charge in [0.05, 0.1) is 6.61 Å². The number of likely N-dealkylation sites (tertiary alicyclic amines) is 2. The number of pyridine rings is 1. The van der Waals surface area contributed by atoms with Gasteiger partial charge in [0.15, 0.2) is 0 Å². The van der Waals surface area contributed by atoms with E-state index in [1.54, 1.807) is 6.20 Å². The molecule has 2 aromatic rings. The minimum absolute atomic E-state index is 0.0628. The van der Waals surface area contributed by atoms with Crippen LogP contribution in [-0.4, -0.2) is 53.0 Å². The van der Waals surface area contributed by atoms with Crippen molar-refractivity contribution in [2.24, 2.45) is 5.92 Å². The third kappa shape index (κ3) is 3.87. The second kappa shape index (κ2) is 7.98. The molecule has 2 unspecified atom stereocenters. The number of ether oxygens (including phenoxy) is 1. The molecule has 2 atom stereocenters. The van der Waals surface area contributed by atoms with Gasteiger partial charge in [-0.3, -0.25) is 9.69 Å². The quantitative estimate of drug-likeness (QED) is 0.789. The van der Waals surface area contributed by atoms with Crippen LogP contribution in [0.25, 0.3) is 0 Å². The fourth-order valence-corrected chi connectivity index (χ4v) is 5.29. The van der Waals surface area contributed by atoms with Crippen LogP contribution >= 0.6 is 11.3 Å². The lowest BCUT2D eigenvalue weighted by atomic mass is 9.92. The van der Waals surface area contributed by atoms with Crippen LogP contribution in [0.2, 0.25) is 0 Å². The number of piperidine rings is 1. The van der Waals surface area contributed by atoms with Crippen molar-refractivity contribution in [3.05, 3.63) is 45.8 Å². The van der Waals surface area contributed by atoms with Crippen LogP contribution in [0.1, 0.15) is 39.9 Å². The van der Waals surface area contributed by atoms with Crippen molar-refractivity contribution in [3.8, 4) is 5.88 Å². The molecule has 2 aliphatic heterocycles. The van der Waals surface area contributed by atoms with Crippen LogP contribution in [0.5, 0.6) is 5.88 Å². The molecular weight excluding hydrogens is 358 g/mol. The third-order valence-corrected chi connectivity index (χ3v) is 6.65. The lowest BCUT2D eigenvalue weighted by molar-refractivity contribution is 0.0587. The zero-order valence-electron chi connectivity index (χ0n) is 16.1. The maximum Gasteiger partial charge on any atom is 0.259 e. The molecule has 0 aromatic carbocycles. The molecule has 2 aliphatic rings. The number of aryl methyl sites for hydroxylation is 1. The lowest BCUT2D eigenvalue weighted by Gasteiger charge is -2.38. The molecule has 1 amide bonds. The van der Waals surface area contributed by atoms with Gasteiger partial charge >= 0.3 is 0 Å². The van der Waals surface area contributed by atoms with E-state index in [0.29, 0.717) is 30.0 Å². The molecule has 0 N–H and O–H groups in total. The van der Waals surface area contributed by atoms with Crippen molar-refractivity contribution in [1.29, 1.82) is 0 Å². The Kier molecular flexibility index (Phi) is 5.45. The fraction of sp³-hybridized carbons (Fsp3) is 0.524. The van der Waals surface area contributed by atoms with Gasteiger partial charge in [-0.1, -0.05) is 0 Å². The Hall–Kier alpha value is -1.92. The van der Waals surface area contributed by atoms with E-state index < -0.39 is 0 Å². The van der Waals surface area contributed by atoms with Crippen molar-refractivity contribution in [2.45, 2.75) is 39.3 Å². The van der Waals surface area contributed by atoms with E-state index in [0.717, 1.165) is 32.6 Å². The Labute approximate surface area is 165 Å². The first kappa shape index (κ1) is 18.4. The summed E-state index contributed by atoms with van der Waals surface area (Å²) in [5.74, 6) is 1.13. The summed E-state index contributed by atoms with van der Waals surface area (Å²) < 4.78 is 5.59. The van der Waals surface area contributed by atoms with E-state index in [1.165, 1.54) is 16.2 Å². The predicted octanol–water partition coefficient (Wildman–Crippen LogP) is 3.59. The molecule has 2 saturated heterocycles. The fourth-order valence-electron chi connectivity index (χ4n) is 4.35. The third-order valence-electron chi connectivity index (χ3n) is 5.67. The Balaban J connectivity index is 1.48. The molecule has 144 valence electrons. The first-order valence-electron chi connectivity index (χ1n) is 9.82. The van der Waals surface area contributed by atoms with E-state index in [1.807, 2.05) is 30.4 Å². The number of aromatic nitrogens is 1. The predicted molar refractivity (Wildman–Crippen MR) is 107 cm³/mol. The van der Waals surface area contributed by atoms with Gasteiger partial charge in [-0.2, -0.15) is 0 Å². The highest BCUT2D eigenvalue weighted by molar-refractivity contribution is 7.11. The molecule has 6 heteroatoms. The minimum Gasteiger partial charge on any atom is -0.477 e. The van der Waals surface area contributed by atoms with Crippen LogP contribution in [0.15, 0.2) is 30.5 Å². The van der Waals surface area contributed by atoms with Crippen LogP contribution < -0.4 is 4.74 Å². The molecule has 0 bridgehead atoms. The summed E-state index contributed by atoms with van der Waals surface area (Å²) in [4.78, 5) is 24.9. The minimum atomic E-state index is 0.0628. The summed E-state index contributed by atoms with van der Waals surface area (Å²) in [5.41, 5.74) is 0.589. The average molecular weight is 386 g/mol. The van der Waals surface area contributed by atoms with Gasteiger partial charge in [-0.05, 0) is 63.4 Å². The molecule has 0 aliphatic carbocycles. The summed E-state index contributed by atoms with van der Waals surface area (Å²) >= 11 is 1.87. The maximum atomic E-state index is 13.3. The zero-order chi connectivity index (χ0) is 18.8. The molecule has 0 spiro atoms. The Bertz CT molecular complexity index is 806.